The highest BCUT2D eigenvalue weighted by Crippen LogP contribution is 2.48. The molecule has 0 amide bonds. The number of nitrogens with zero attached hydrogens (tertiary/aromatic N) is 1. The topological polar surface area (TPSA) is 96.1 Å². The first-order valence-corrected chi connectivity index (χ1v) is 13.6. The summed E-state index contributed by atoms with van der Waals surface area (Å²) in [4.78, 5) is 24.5. The second-order valence-corrected chi connectivity index (χ2v) is 10.0. The van der Waals surface area contributed by atoms with Crippen LogP contribution in [0.15, 0.2) is 24.0 Å². The number of ether oxygens (including phenoxy) is 6. The molecule has 1 aromatic rings. The smallest absolute Gasteiger partial charge is 0.339 e. The molecule has 5 atom stereocenters. The molecular weight excluding hydrogens is 490 g/mol. The molecule has 9 nitrogen and oxygen atoms in total. The van der Waals surface area contributed by atoms with Gasteiger partial charge in [0.15, 0.2) is 23.7 Å². The van der Waals surface area contributed by atoms with Crippen LogP contribution in [0.2, 0.25) is 0 Å². The zero-order chi connectivity index (χ0) is 28.0. The van der Waals surface area contributed by atoms with Gasteiger partial charge < -0.3 is 28.4 Å². The molecule has 38 heavy (non-hydrogen) atoms. The summed E-state index contributed by atoms with van der Waals surface area (Å²) in [6.45, 7) is 14.8. The van der Waals surface area contributed by atoms with E-state index in [0.717, 1.165) is 43.0 Å². The Morgan fingerprint density at radius 3 is 2.42 bits per heavy atom. The van der Waals surface area contributed by atoms with E-state index in [9.17, 15) is 4.79 Å². The van der Waals surface area contributed by atoms with Crippen molar-refractivity contribution in [1.82, 2.24) is 4.90 Å². The Kier molecular flexibility index (Phi) is 10.1. The number of carbonyl (C=O) groups excluding carboxylic acids is 2. The van der Waals surface area contributed by atoms with E-state index in [0.29, 0.717) is 12.2 Å². The molecule has 0 saturated carbocycles. The van der Waals surface area contributed by atoms with Gasteiger partial charge in [-0.2, -0.15) is 0 Å². The van der Waals surface area contributed by atoms with Crippen LogP contribution in [0.25, 0.3) is 0 Å². The molecule has 0 spiro atoms. The SMILES string of the molecule is CC.CCCN1CCc2cc3c(cc2[C@@H]2[C@H](OC(=O)[C@H]4OC4(C)C(C)C)C(OC)=C[C@@H]21)OCO3.COC=O. The fourth-order valence-electron chi connectivity index (χ4n) is 5.33. The van der Waals surface area contributed by atoms with Gasteiger partial charge in [0.05, 0.1) is 14.2 Å². The minimum atomic E-state index is -0.534. The molecular formula is C29H43NO8. The number of methoxy groups -OCH3 is 2. The van der Waals surface area contributed by atoms with Crippen molar-refractivity contribution in [3.05, 3.63) is 35.1 Å². The van der Waals surface area contributed by atoms with E-state index < -0.39 is 17.8 Å². The fourth-order valence-corrected chi connectivity index (χ4v) is 5.33. The first-order chi connectivity index (χ1) is 18.3. The lowest BCUT2D eigenvalue weighted by Crippen LogP contribution is -2.40. The Hall–Kier alpha value is -2.78. The van der Waals surface area contributed by atoms with E-state index >= 15 is 0 Å². The number of fused-ring (bicyclic) bond motifs is 4. The third-order valence-corrected chi connectivity index (χ3v) is 7.67. The van der Waals surface area contributed by atoms with E-state index in [-0.39, 0.29) is 30.6 Å². The van der Waals surface area contributed by atoms with Gasteiger partial charge in [-0.15, -0.1) is 0 Å². The number of carbonyl (C=O) groups is 2. The maximum absolute atomic E-state index is 13.1. The Morgan fingerprint density at radius 2 is 1.87 bits per heavy atom. The Labute approximate surface area is 226 Å². The monoisotopic (exact) mass is 533 g/mol. The molecule has 0 N–H and O–H groups in total. The second kappa shape index (κ2) is 12.8. The molecule has 0 bridgehead atoms. The largest absolute Gasteiger partial charge is 0.497 e. The van der Waals surface area contributed by atoms with Crippen molar-refractivity contribution < 1.29 is 38.0 Å². The van der Waals surface area contributed by atoms with Crippen molar-refractivity contribution in [2.45, 2.75) is 84.2 Å². The minimum Gasteiger partial charge on any atom is -0.497 e. The lowest BCUT2D eigenvalue weighted by molar-refractivity contribution is -0.151. The fraction of sp³-hybridized carbons (Fsp3) is 0.655. The summed E-state index contributed by atoms with van der Waals surface area (Å²) in [5.41, 5.74) is 1.89. The maximum atomic E-state index is 13.1. The van der Waals surface area contributed by atoms with Crippen molar-refractivity contribution in [1.29, 1.82) is 0 Å². The predicted molar refractivity (Wildman–Crippen MR) is 142 cm³/mol. The molecule has 1 aliphatic carbocycles. The van der Waals surface area contributed by atoms with Crippen LogP contribution in [0.3, 0.4) is 0 Å². The molecule has 1 saturated heterocycles. The van der Waals surface area contributed by atoms with Crippen LogP contribution in [0.4, 0.5) is 0 Å². The predicted octanol–water partition coefficient (Wildman–Crippen LogP) is 4.22. The molecule has 0 aromatic heterocycles. The molecule has 3 heterocycles. The average Bonchev–Trinajstić information content (AvgIpc) is 3.29. The normalized spacial score (nSPS) is 28.3. The molecule has 3 aliphatic heterocycles. The van der Waals surface area contributed by atoms with Crippen LogP contribution in [0.5, 0.6) is 11.5 Å². The number of epoxide rings is 1. The van der Waals surface area contributed by atoms with Crippen LogP contribution in [-0.2, 0) is 35.0 Å². The highest BCUT2D eigenvalue weighted by molar-refractivity contribution is 5.80. The molecule has 4 aliphatic rings. The first-order valence-electron chi connectivity index (χ1n) is 13.6. The minimum absolute atomic E-state index is 0.0727. The lowest BCUT2D eigenvalue weighted by Gasteiger charge is -2.32. The maximum Gasteiger partial charge on any atom is 0.339 e. The number of rotatable bonds is 7. The van der Waals surface area contributed by atoms with Crippen LogP contribution in [0, 0.1) is 5.92 Å². The standard InChI is InChI=1S/C25H33NO6.C2H4O2.C2H6/c1-6-8-26-9-7-15-10-18-19(30-13-29-18)11-16(15)21-17(26)12-20(28-5)22(21)31-24(27)23-25(4,32-23)14(2)3;1-4-2-3;1-2/h10-12,14,17,21-23H,6-9,13H2,1-5H3;2H,1H3;1-2H3/t17-,21-,22+,23+,25?;;/m0../s1. The van der Waals surface area contributed by atoms with Gasteiger partial charge in [0.2, 0.25) is 6.79 Å². The summed E-state index contributed by atoms with van der Waals surface area (Å²) >= 11 is 0. The summed E-state index contributed by atoms with van der Waals surface area (Å²) in [5, 5.41) is 0. The highest BCUT2D eigenvalue weighted by Gasteiger charge is 2.61. The zero-order valence-corrected chi connectivity index (χ0v) is 23.9. The van der Waals surface area contributed by atoms with Crippen molar-refractivity contribution in [3.63, 3.8) is 0 Å². The number of hydrogen-bond acceptors (Lipinski definition) is 9. The lowest BCUT2D eigenvalue weighted by atomic mass is 9.87. The summed E-state index contributed by atoms with van der Waals surface area (Å²) in [7, 11) is 2.96. The Balaban J connectivity index is 0.000000612. The van der Waals surface area contributed by atoms with Gasteiger partial charge in [0, 0.05) is 18.5 Å². The first kappa shape index (κ1) is 29.8. The molecule has 5 rings (SSSR count). The quantitative estimate of drug-likeness (QED) is 0.290. The van der Waals surface area contributed by atoms with E-state index in [4.69, 9.17) is 28.5 Å². The third-order valence-electron chi connectivity index (χ3n) is 7.67. The van der Waals surface area contributed by atoms with Gasteiger partial charge in [-0.05, 0) is 61.6 Å². The number of esters is 1. The van der Waals surface area contributed by atoms with Crippen LogP contribution in [-0.4, -0.2) is 75.3 Å². The van der Waals surface area contributed by atoms with Gasteiger partial charge in [-0.3, -0.25) is 9.69 Å². The van der Waals surface area contributed by atoms with Gasteiger partial charge in [-0.1, -0.05) is 34.6 Å². The van der Waals surface area contributed by atoms with Crippen LogP contribution >= 0.6 is 0 Å². The Bertz CT molecular complexity index is 1010. The van der Waals surface area contributed by atoms with Crippen molar-refractivity contribution in [2.75, 3.05) is 34.1 Å². The Morgan fingerprint density at radius 1 is 1.21 bits per heavy atom. The van der Waals surface area contributed by atoms with Gasteiger partial charge >= 0.3 is 5.97 Å². The molecule has 9 heteroatoms. The number of hydrogen-bond donors (Lipinski definition) is 0. The average molecular weight is 534 g/mol. The number of benzene rings is 1. The highest BCUT2D eigenvalue weighted by atomic mass is 16.7. The molecule has 0 radical (unpaired) electrons. The molecule has 1 aromatic carbocycles. The summed E-state index contributed by atoms with van der Waals surface area (Å²) < 4.78 is 32.9. The van der Waals surface area contributed by atoms with E-state index in [1.54, 1.807) is 7.11 Å². The van der Waals surface area contributed by atoms with E-state index in [1.807, 2.05) is 20.8 Å². The summed E-state index contributed by atoms with van der Waals surface area (Å²) in [5.74, 6) is 2.08. The van der Waals surface area contributed by atoms with Crippen LogP contribution < -0.4 is 9.47 Å². The molecule has 1 fully saturated rings. The van der Waals surface area contributed by atoms with Crippen molar-refractivity contribution >= 4 is 12.4 Å². The van der Waals surface area contributed by atoms with Crippen molar-refractivity contribution in [2.24, 2.45) is 5.92 Å². The van der Waals surface area contributed by atoms with Crippen LogP contribution in [0.1, 0.15) is 65.0 Å². The second-order valence-electron chi connectivity index (χ2n) is 10.0. The summed E-state index contributed by atoms with van der Waals surface area (Å²) in [6.07, 6.45) is 3.05. The van der Waals surface area contributed by atoms with E-state index in [1.165, 1.54) is 12.7 Å². The van der Waals surface area contributed by atoms with Crippen molar-refractivity contribution in [3.8, 4) is 11.5 Å². The summed E-state index contributed by atoms with van der Waals surface area (Å²) in [6, 6.07) is 4.25. The zero-order valence-electron chi connectivity index (χ0n) is 23.9. The molecule has 1 unspecified atom stereocenters. The van der Waals surface area contributed by atoms with Gasteiger partial charge in [-0.25, -0.2) is 4.79 Å². The van der Waals surface area contributed by atoms with Gasteiger partial charge in [0.25, 0.3) is 6.47 Å². The van der Waals surface area contributed by atoms with E-state index in [2.05, 4.69) is 48.6 Å². The third kappa shape index (κ3) is 5.78. The van der Waals surface area contributed by atoms with Gasteiger partial charge in [0.1, 0.15) is 11.4 Å². The molecule has 212 valence electrons.